The number of ether oxygens (including phenoxy) is 1. The lowest BCUT2D eigenvalue weighted by Crippen LogP contribution is -2.43. The first-order valence-electron chi connectivity index (χ1n) is 6.93. The molecule has 0 saturated heterocycles. The van der Waals surface area contributed by atoms with Crippen LogP contribution in [0.2, 0.25) is 0 Å². The second kappa shape index (κ2) is 7.02. The summed E-state index contributed by atoms with van der Waals surface area (Å²) < 4.78 is 5.10. The number of amides is 1. The van der Waals surface area contributed by atoms with Gasteiger partial charge in [0.05, 0.1) is 16.5 Å². The van der Waals surface area contributed by atoms with Gasteiger partial charge in [0, 0.05) is 6.07 Å². The lowest BCUT2D eigenvalue weighted by Gasteiger charge is -2.22. The molecular weight excluding hydrogens is 288 g/mol. The van der Waals surface area contributed by atoms with Gasteiger partial charge in [0.1, 0.15) is 5.60 Å². The maximum Gasteiger partial charge on any atom is 0.408 e. The highest BCUT2D eigenvalue weighted by atomic mass is 16.6. The number of hydrogen-bond donors (Lipinski definition) is 1. The minimum absolute atomic E-state index is 0.0320. The van der Waals surface area contributed by atoms with Crippen molar-refractivity contribution >= 4 is 17.6 Å². The van der Waals surface area contributed by atoms with E-state index in [-0.39, 0.29) is 11.3 Å². The van der Waals surface area contributed by atoms with E-state index in [9.17, 15) is 19.7 Å². The Morgan fingerprint density at radius 1 is 1.32 bits per heavy atom. The van der Waals surface area contributed by atoms with Crippen LogP contribution in [0.5, 0.6) is 0 Å². The number of carbonyl (C=O) groups excluding carboxylic acids is 2. The van der Waals surface area contributed by atoms with Crippen LogP contribution in [-0.2, 0) is 4.74 Å². The highest BCUT2D eigenvalue weighted by molar-refractivity contribution is 6.04. The van der Waals surface area contributed by atoms with Gasteiger partial charge < -0.3 is 10.1 Å². The zero-order chi connectivity index (χ0) is 16.9. The summed E-state index contributed by atoms with van der Waals surface area (Å²) in [5.74, 6) is -0.513. The molecule has 0 aliphatic heterocycles. The Kier molecular flexibility index (Phi) is 5.62. The quantitative estimate of drug-likeness (QED) is 0.512. The molecule has 0 fully saturated rings. The fraction of sp³-hybridized carbons (Fsp3) is 0.467. The molecule has 1 unspecified atom stereocenters. The second-order valence-corrected chi connectivity index (χ2v) is 5.75. The predicted octanol–water partition coefficient (Wildman–Crippen LogP) is 3.08. The fourth-order valence-corrected chi connectivity index (χ4v) is 1.83. The van der Waals surface area contributed by atoms with E-state index < -0.39 is 28.4 Å². The van der Waals surface area contributed by atoms with E-state index in [4.69, 9.17) is 4.74 Å². The maximum atomic E-state index is 12.4. The standard InChI is InChI=1S/C15H20N2O5/c1-5-11(16-14(19)22-15(2,3)4)13(18)10-8-6-7-9-12(10)17(20)21/h6-9,11H,5H2,1-4H3,(H,16,19). The summed E-state index contributed by atoms with van der Waals surface area (Å²) >= 11 is 0. The van der Waals surface area contributed by atoms with Crippen molar-refractivity contribution in [3.63, 3.8) is 0 Å². The largest absolute Gasteiger partial charge is 0.444 e. The Bertz CT molecular complexity index is 578. The lowest BCUT2D eigenvalue weighted by atomic mass is 10.0. The van der Waals surface area contributed by atoms with Crippen LogP contribution in [0.25, 0.3) is 0 Å². The van der Waals surface area contributed by atoms with Gasteiger partial charge in [-0.1, -0.05) is 19.1 Å². The fourth-order valence-electron chi connectivity index (χ4n) is 1.83. The summed E-state index contributed by atoms with van der Waals surface area (Å²) in [6, 6.07) is 4.78. The maximum absolute atomic E-state index is 12.4. The molecule has 120 valence electrons. The molecule has 0 heterocycles. The zero-order valence-electron chi connectivity index (χ0n) is 13.1. The molecule has 1 N–H and O–H groups in total. The molecule has 0 bridgehead atoms. The Morgan fingerprint density at radius 2 is 1.91 bits per heavy atom. The number of nitrogens with zero attached hydrogens (tertiary/aromatic N) is 1. The summed E-state index contributed by atoms with van der Waals surface area (Å²) in [5, 5.41) is 13.4. The van der Waals surface area contributed by atoms with Gasteiger partial charge in [-0.25, -0.2) is 4.79 Å². The molecule has 7 heteroatoms. The summed E-state index contributed by atoms with van der Waals surface area (Å²) in [6.07, 6.45) is -0.435. The SMILES string of the molecule is CCC(NC(=O)OC(C)(C)C)C(=O)c1ccccc1[N+](=O)[O-]. The molecule has 1 aromatic rings. The van der Waals surface area contributed by atoms with Gasteiger partial charge in [0.15, 0.2) is 5.78 Å². The number of ketones is 1. The van der Waals surface area contributed by atoms with Crippen molar-refractivity contribution in [3.05, 3.63) is 39.9 Å². The van der Waals surface area contributed by atoms with Gasteiger partial charge in [-0.05, 0) is 33.3 Å². The van der Waals surface area contributed by atoms with Gasteiger partial charge in [-0.15, -0.1) is 0 Å². The Labute approximate surface area is 128 Å². The number of rotatable bonds is 5. The number of nitro groups is 1. The van der Waals surface area contributed by atoms with Crippen LogP contribution in [-0.4, -0.2) is 28.4 Å². The molecule has 0 spiro atoms. The second-order valence-electron chi connectivity index (χ2n) is 5.75. The van der Waals surface area contributed by atoms with Crippen molar-refractivity contribution in [3.8, 4) is 0 Å². The third-order valence-electron chi connectivity index (χ3n) is 2.78. The molecule has 1 aromatic carbocycles. The Balaban J connectivity index is 2.94. The van der Waals surface area contributed by atoms with Crippen LogP contribution in [0, 0.1) is 10.1 Å². The number of nitro benzene ring substituents is 1. The van der Waals surface area contributed by atoms with Gasteiger partial charge >= 0.3 is 6.09 Å². The summed E-state index contributed by atoms with van der Waals surface area (Å²) in [7, 11) is 0. The van der Waals surface area contributed by atoms with Gasteiger partial charge in [-0.3, -0.25) is 14.9 Å². The minimum atomic E-state index is -0.879. The molecule has 0 aromatic heterocycles. The van der Waals surface area contributed by atoms with E-state index in [1.807, 2.05) is 0 Å². The van der Waals surface area contributed by atoms with Crippen molar-refractivity contribution in [2.75, 3.05) is 0 Å². The van der Waals surface area contributed by atoms with Gasteiger partial charge in [0.2, 0.25) is 0 Å². The van der Waals surface area contributed by atoms with E-state index in [1.54, 1.807) is 33.8 Å². The number of nitrogens with one attached hydrogen (secondary N) is 1. The van der Waals surface area contributed by atoms with Crippen LogP contribution in [0.1, 0.15) is 44.5 Å². The van der Waals surface area contributed by atoms with E-state index in [1.165, 1.54) is 18.2 Å². The van der Waals surface area contributed by atoms with Crippen molar-refractivity contribution in [2.24, 2.45) is 0 Å². The molecule has 0 aliphatic rings. The summed E-state index contributed by atoms with van der Waals surface area (Å²) in [6.45, 7) is 6.82. The zero-order valence-corrected chi connectivity index (χ0v) is 13.1. The van der Waals surface area contributed by atoms with Crippen molar-refractivity contribution in [1.29, 1.82) is 0 Å². The number of carbonyl (C=O) groups is 2. The molecule has 0 radical (unpaired) electrons. The smallest absolute Gasteiger partial charge is 0.408 e. The van der Waals surface area contributed by atoms with E-state index >= 15 is 0 Å². The molecule has 1 atom stereocenters. The van der Waals surface area contributed by atoms with Crippen LogP contribution in [0.4, 0.5) is 10.5 Å². The number of para-hydroxylation sites is 1. The van der Waals surface area contributed by atoms with E-state index in [2.05, 4.69) is 5.32 Å². The lowest BCUT2D eigenvalue weighted by molar-refractivity contribution is -0.385. The molecular formula is C15H20N2O5. The topological polar surface area (TPSA) is 98.5 Å². The average Bonchev–Trinajstić information content (AvgIpc) is 2.42. The number of Topliss-reactive ketones (excluding diaryl/α,β-unsaturated/α-hetero) is 1. The van der Waals surface area contributed by atoms with Crippen LogP contribution < -0.4 is 5.32 Å². The first-order valence-corrected chi connectivity index (χ1v) is 6.93. The van der Waals surface area contributed by atoms with Crippen molar-refractivity contribution < 1.29 is 19.2 Å². The average molecular weight is 308 g/mol. The first kappa shape index (κ1) is 17.6. The Morgan fingerprint density at radius 3 is 2.41 bits per heavy atom. The molecule has 0 saturated carbocycles. The third-order valence-corrected chi connectivity index (χ3v) is 2.78. The molecule has 1 rings (SSSR count). The van der Waals surface area contributed by atoms with Gasteiger partial charge in [-0.2, -0.15) is 0 Å². The highest BCUT2D eigenvalue weighted by Crippen LogP contribution is 2.20. The Hall–Kier alpha value is -2.44. The van der Waals surface area contributed by atoms with Gasteiger partial charge in [0.25, 0.3) is 5.69 Å². The number of benzene rings is 1. The van der Waals surface area contributed by atoms with E-state index in [0.29, 0.717) is 6.42 Å². The number of hydrogen-bond acceptors (Lipinski definition) is 5. The van der Waals surface area contributed by atoms with Crippen molar-refractivity contribution in [1.82, 2.24) is 5.32 Å². The normalized spacial score (nSPS) is 12.4. The minimum Gasteiger partial charge on any atom is -0.444 e. The monoisotopic (exact) mass is 308 g/mol. The summed E-state index contributed by atoms with van der Waals surface area (Å²) in [4.78, 5) is 34.6. The first-order chi connectivity index (χ1) is 10.2. The highest BCUT2D eigenvalue weighted by Gasteiger charge is 2.28. The molecule has 0 aliphatic carbocycles. The van der Waals surface area contributed by atoms with Crippen LogP contribution in [0.3, 0.4) is 0 Å². The van der Waals surface area contributed by atoms with Crippen molar-refractivity contribution in [2.45, 2.75) is 45.8 Å². The molecule has 7 nitrogen and oxygen atoms in total. The van der Waals surface area contributed by atoms with Crippen LogP contribution >= 0.6 is 0 Å². The molecule has 1 amide bonds. The molecule has 22 heavy (non-hydrogen) atoms. The third kappa shape index (κ3) is 4.83. The number of alkyl carbamates (subject to hydrolysis) is 1. The van der Waals surface area contributed by atoms with Crippen LogP contribution in [0.15, 0.2) is 24.3 Å². The van der Waals surface area contributed by atoms with E-state index in [0.717, 1.165) is 0 Å². The summed E-state index contributed by atoms with van der Waals surface area (Å²) in [5.41, 5.74) is -1.00. The predicted molar refractivity (Wildman–Crippen MR) is 80.9 cm³/mol.